The average molecular weight is 346 g/mol. The van der Waals surface area contributed by atoms with Gasteiger partial charge in [0.15, 0.2) is 9.84 Å². The highest BCUT2D eigenvalue weighted by Gasteiger charge is 2.24. The second kappa shape index (κ2) is 6.37. The molecular formula is C14H20BrNO2S. The summed E-state index contributed by atoms with van der Waals surface area (Å²) in [4.78, 5) is 0.399. The first-order valence-electron chi connectivity index (χ1n) is 6.73. The zero-order valence-corrected chi connectivity index (χ0v) is 13.5. The molecule has 1 atom stereocenters. The third-order valence-corrected chi connectivity index (χ3v) is 6.41. The standard InChI is InChI=1S/C14H20BrNO2S/c1-11(10-16-13-4-2-3-5-13)19(17,18)14-8-6-12(15)7-9-14/h6-9,11,13,16H,2-5,10H2,1H3. The summed E-state index contributed by atoms with van der Waals surface area (Å²) in [7, 11) is -3.23. The van der Waals surface area contributed by atoms with E-state index in [2.05, 4.69) is 21.2 Å². The van der Waals surface area contributed by atoms with Crippen LogP contribution in [0.2, 0.25) is 0 Å². The molecule has 1 N–H and O–H groups in total. The van der Waals surface area contributed by atoms with Gasteiger partial charge in [-0.1, -0.05) is 28.8 Å². The molecule has 1 aliphatic carbocycles. The number of nitrogens with one attached hydrogen (secondary N) is 1. The highest BCUT2D eigenvalue weighted by Crippen LogP contribution is 2.20. The Labute approximate surface area is 123 Å². The van der Waals surface area contributed by atoms with Crippen LogP contribution in [0.1, 0.15) is 32.6 Å². The van der Waals surface area contributed by atoms with Crippen LogP contribution >= 0.6 is 15.9 Å². The Bertz CT molecular complexity index is 507. The summed E-state index contributed by atoms with van der Waals surface area (Å²) in [5.74, 6) is 0. The van der Waals surface area contributed by atoms with E-state index in [-0.39, 0.29) is 0 Å². The van der Waals surface area contributed by atoms with Crippen LogP contribution in [-0.4, -0.2) is 26.3 Å². The van der Waals surface area contributed by atoms with E-state index in [4.69, 9.17) is 0 Å². The quantitative estimate of drug-likeness (QED) is 0.891. The second-order valence-corrected chi connectivity index (χ2v) is 8.48. The van der Waals surface area contributed by atoms with Crippen LogP contribution < -0.4 is 5.32 Å². The molecule has 0 heterocycles. The lowest BCUT2D eigenvalue weighted by atomic mass is 10.2. The zero-order valence-electron chi connectivity index (χ0n) is 11.1. The first-order chi connectivity index (χ1) is 9.00. The molecule has 1 aliphatic rings. The molecule has 0 aliphatic heterocycles. The third kappa shape index (κ3) is 3.80. The number of halogens is 1. The summed E-state index contributed by atoms with van der Waals surface area (Å²) in [5, 5.41) is 2.99. The summed E-state index contributed by atoms with van der Waals surface area (Å²) in [6.07, 6.45) is 4.85. The van der Waals surface area contributed by atoms with E-state index >= 15 is 0 Å². The molecule has 0 saturated heterocycles. The van der Waals surface area contributed by atoms with E-state index in [1.165, 1.54) is 25.7 Å². The number of hydrogen-bond acceptors (Lipinski definition) is 3. The van der Waals surface area contributed by atoms with Gasteiger partial charge in [0.25, 0.3) is 0 Å². The van der Waals surface area contributed by atoms with E-state index in [1.54, 1.807) is 31.2 Å². The highest BCUT2D eigenvalue weighted by atomic mass is 79.9. The topological polar surface area (TPSA) is 46.2 Å². The summed E-state index contributed by atoms with van der Waals surface area (Å²) in [6.45, 7) is 2.31. The van der Waals surface area contributed by atoms with E-state index in [0.717, 1.165) is 4.47 Å². The van der Waals surface area contributed by atoms with Gasteiger partial charge in [0.2, 0.25) is 0 Å². The average Bonchev–Trinajstić information content (AvgIpc) is 2.89. The van der Waals surface area contributed by atoms with Crippen LogP contribution in [0.3, 0.4) is 0 Å². The predicted octanol–water partition coefficient (Wildman–Crippen LogP) is 3.14. The second-order valence-electron chi connectivity index (χ2n) is 5.20. The van der Waals surface area contributed by atoms with Crippen molar-refractivity contribution in [2.75, 3.05) is 6.54 Å². The molecule has 1 aromatic carbocycles. The van der Waals surface area contributed by atoms with E-state index in [0.29, 0.717) is 17.5 Å². The Kier molecular flexibility index (Phi) is 5.03. The largest absolute Gasteiger partial charge is 0.313 e. The van der Waals surface area contributed by atoms with E-state index in [9.17, 15) is 8.42 Å². The molecular weight excluding hydrogens is 326 g/mol. The van der Waals surface area contributed by atoms with Crippen molar-refractivity contribution in [3.8, 4) is 0 Å². The maximum absolute atomic E-state index is 12.4. The summed E-state index contributed by atoms with van der Waals surface area (Å²) in [6, 6.07) is 7.35. The molecule has 5 heteroatoms. The van der Waals surface area contributed by atoms with Crippen molar-refractivity contribution in [2.45, 2.75) is 48.8 Å². The van der Waals surface area contributed by atoms with Gasteiger partial charge in [-0.05, 0) is 44.0 Å². The molecule has 1 saturated carbocycles. The van der Waals surface area contributed by atoms with Gasteiger partial charge in [0.1, 0.15) is 0 Å². The summed E-state index contributed by atoms with van der Waals surface area (Å²) >= 11 is 3.32. The zero-order chi connectivity index (χ0) is 13.9. The summed E-state index contributed by atoms with van der Waals surface area (Å²) < 4.78 is 25.7. The lowest BCUT2D eigenvalue weighted by molar-refractivity contribution is 0.512. The van der Waals surface area contributed by atoms with Crippen LogP contribution in [-0.2, 0) is 9.84 Å². The minimum atomic E-state index is -3.23. The van der Waals surface area contributed by atoms with Crippen LogP contribution in [0.25, 0.3) is 0 Å². The number of benzene rings is 1. The van der Waals surface area contributed by atoms with Crippen molar-refractivity contribution in [1.29, 1.82) is 0 Å². The first kappa shape index (κ1) is 15.0. The van der Waals surface area contributed by atoms with Crippen molar-refractivity contribution < 1.29 is 8.42 Å². The Morgan fingerprint density at radius 2 is 1.84 bits per heavy atom. The maximum atomic E-state index is 12.4. The van der Waals surface area contributed by atoms with Crippen molar-refractivity contribution in [3.05, 3.63) is 28.7 Å². The van der Waals surface area contributed by atoms with Gasteiger partial charge in [-0.15, -0.1) is 0 Å². The molecule has 0 aromatic heterocycles. The SMILES string of the molecule is CC(CNC1CCCC1)S(=O)(=O)c1ccc(Br)cc1. The lowest BCUT2D eigenvalue weighted by Gasteiger charge is -2.17. The molecule has 1 unspecified atom stereocenters. The monoisotopic (exact) mass is 345 g/mol. The third-order valence-electron chi connectivity index (χ3n) is 3.72. The van der Waals surface area contributed by atoms with Crippen molar-refractivity contribution in [1.82, 2.24) is 5.32 Å². The Morgan fingerprint density at radius 3 is 2.42 bits per heavy atom. The molecule has 0 amide bonds. The van der Waals surface area contributed by atoms with Crippen LogP contribution in [0.4, 0.5) is 0 Å². The van der Waals surface area contributed by atoms with Gasteiger partial charge in [-0.2, -0.15) is 0 Å². The van der Waals surface area contributed by atoms with Gasteiger partial charge in [0, 0.05) is 17.1 Å². The Morgan fingerprint density at radius 1 is 1.26 bits per heavy atom. The molecule has 2 rings (SSSR count). The molecule has 0 spiro atoms. The predicted molar refractivity (Wildman–Crippen MR) is 81.0 cm³/mol. The fraction of sp³-hybridized carbons (Fsp3) is 0.571. The van der Waals surface area contributed by atoms with Crippen LogP contribution in [0.15, 0.2) is 33.6 Å². The normalized spacial score (nSPS) is 18.6. The van der Waals surface area contributed by atoms with Gasteiger partial charge in [-0.25, -0.2) is 8.42 Å². The van der Waals surface area contributed by atoms with Gasteiger partial charge >= 0.3 is 0 Å². The molecule has 3 nitrogen and oxygen atoms in total. The minimum absolute atomic E-state index is 0.394. The smallest absolute Gasteiger partial charge is 0.182 e. The molecule has 106 valence electrons. The molecule has 1 aromatic rings. The first-order valence-corrected chi connectivity index (χ1v) is 9.07. The highest BCUT2D eigenvalue weighted by molar-refractivity contribution is 9.10. The fourth-order valence-electron chi connectivity index (χ4n) is 2.43. The number of hydrogen-bond donors (Lipinski definition) is 1. The lowest BCUT2D eigenvalue weighted by Crippen LogP contribution is -2.36. The van der Waals surface area contributed by atoms with E-state index < -0.39 is 15.1 Å². The molecule has 0 radical (unpaired) electrons. The van der Waals surface area contributed by atoms with Gasteiger partial charge < -0.3 is 5.32 Å². The van der Waals surface area contributed by atoms with Gasteiger partial charge in [0.05, 0.1) is 10.1 Å². The van der Waals surface area contributed by atoms with Gasteiger partial charge in [-0.3, -0.25) is 0 Å². The maximum Gasteiger partial charge on any atom is 0.182 e. The molecule has 0 bridgehead atoms. The number of sulfone groups is 1. The van der Waals surface area contributed by atoms with E-state index in [1.807, 2.05) is 0 Å². The van der Waals surface area contributed by atoms with Crippen molar-refractivity contribution in [3.63, 3.8) is 0 Å². The minimum Gasteiger partial charge on any atom is -0.313 e. The van der Waals surface area contributed by atoms with Crippen LogP contribution in [0, 0.1) is 0 Å². The fourth-order valence-corrected chi connectivity index (χ4v) is 3.99. The molecule has 19 heavy (non-hydrogen) atoms. The van der Waals surface area contributed by atoms with Crippen molar-refractivity contribution in [2.24, 2.45) is 0 Å². The number of rotatable bonds is 5. The Balaban J connectivity index is 1.99. The Hall–Kier alpha value is -0.390. The molecule has 1 fully saturated rings. The summed E-state index contributed by atoms with van der Waals surface area (Å²) in [5.41, 5.74) is 0. The van der Waals surface area contributed by atoms with Crippen molar-refractivity contribution >= 4 is 25.8 Å². The van der Waals surface area contributed by atoms with Crippen LogP contribution in [0.5, 0.6) is 0 Å².